The maximum Gasteiger partial charge on any atom is 0.412 e. The minimum absolute atomic E-state index is 0.411. The average Bonchev–Trinajstić information content (AvgIpc) is 2.52. The summed E-state index contributed by atoms with van der Waals surface area (Å²) >= 11 is 0. The van der Waals surface area contributed by atoms with Crippen LogP contribution in [0.4, 0.5) is 10.5 Å². The van der Waals surface area contributed by atoms with Crippen LogP contribution in [0.25, 0.3) is 5.57 Å². The fourth-order valence-corrected chi connectivity index (χ4v) is 3.73. The zero-order valence-corrected chi connectivity index (χ0v) is 14.8. The van der Waals surface area contributed by atoms with E-state index in [1.807, 2.05) is 26.0 Å². The Hall–Kier alpha value is -1.81. The molecule has 1 aliphatic carbocycles. The molecule has 4 heteroatoms. The quantitative estimate of drug-likeness (QED) is 0.819. The lowest BCUT2D eigenvalue weighted by atomic mass is 9.80. The summed E-state index contributed by atoms with van der Waals surface area (Å²) in [4.78, 5) is 11.6. The summed E-state index contributed by atoms with van der Waals surface area (Å²) in [6, 6.07) is 6.05. The largest absolute Gasteiger partial charge is 0.438 e. The van der Waals surface area contributed by atoms with E-state index in [0.717, 1.165) is 55.3 Å². The van der Waals surface area contributed by atoms with Crippen molar-refractivity contribution in [2.24, 2.45) is 0 Å². The summed E-state index contributed by atoms with van der Waals surface area (Å²) in [7, 11) is 0. The number of rotatable bonds is 4. The van der Waals surface area contributed by atoms with Crippen molar-refractivity contribution in [2.75, 3.05) is 5.32 Å². The first-order chi connectivity index (χ1) is 11.3. The Bertz CT molecular complexity index is 677. The normalized spacial score (nSPS) is 25.3. The number of fused-ring (bicyclic) bond motifs is 1. The third-order valence-electron chi connectivity index (χ3n) is 5.09. The van der Waals surface area contributed by atoms with E-state index in [4.69, 9.17) is 4.74 Å². The fourth-order valence-electron chi connectivity index (χ4n) is 3.73. The zero-order chi connectivity index (χ0) is 17.4. The standard InChI is InChI=1S/C20H27NO3/c1-4-5-10-20(23)11-6-7-15(13-20)14-8-9-17-16(12-14)19(2,3)24-18(22)21-17/h8-9,12-13,23H,4-7,10-11H2,1-3H3,(H,21,22). The molecule has 0 aromatic heterocycles. The van der Waals surface area contributed by atoms with Crippen molar-refractivity contribution in [1.82, 2.24) is 0 Å². The highest BCUT2D eigenvalue weighted by molar-refractivity contribution is 5.89. The molecule has 0 bridgehead atoms. The molecule has 3 rings (SSSR count). The predicted molar refractivity (Wildman–Crippen MR) is 95.9 cm³/mol. The lowest BCUT2D eigenvalue weighted by molar-refractivity contribution is 0.0420. The number of unbranched alkanes of at least 4 members (excludes halogenated alkanes) is 1. The van der Waals surface area contributed by atoms with Crippen molar-refractivity contribution in [3.05, 3.63) is 35.4 Å². The summed E-state index contributed by atoms with van der Waals surface area (Å²) in [6.45, 7) is 5.96. The maximum atomic E-state index is 11.6. The van der Waals surface area contributed by atoms with Crippen molar-refractivity contribution in [1.29, 1.82) is 0 Å². The number of carbonyl (C=O) groups is 1. The van der Waals surface area contributed by atoms with Gasteiger partial charge in [0.05, 0.1) is 11.3 Å². The summed E-state index contributed by atoms with van der Waals surface area (Å²) in [5.74, 6) is 0. The van der Waals surface area contributed by atoms with Gasteiger partial charge in [-0.2, -0.15) is 0 Å². The van der Waals surface area contributed by atoms with E-state index in [1.165, 1.54) is 5.57 Å². The third-order valence-corrected chi connectivity index (χ3v) is 5.09. The summed E-state index contributed by atoms with van der Waals surface area (Å²) in [5.41, 5.74) is 2.74. The van der Waals surface area contributed by atoms with Gasteiger partial charge in [0.25, 0.3) is 0 Å². The SMILES string of the molecule is CCCCC1(O)C=C(c2ccc3c(c2)C(C)(C)OC(=O)N3)CCC1. The van der Waals surface area contributed by atoms with Crippen molar-refractivity contribution in [3.63, 3.8) is 0 Å². The van der Waals surface area contributed by atoms with E-state index < -0.39 is 17.3 Å². The van der Waals surface area contributed by atoms with Gasteiger partial charge in [-0.05, 0) is 68.9 Å². The van der Waals surface area contributed by atoms with E-state index in [-0.39, 0.29) is 0 Å². The molecule has 130 valence electrons. The molecule has 1 aromatic rings. The van der Waals surface area contributed by atoms with Crippen LogP contribution in [0, 0.1) is 0 Å². The predicted octanol–water partition coefficient (Wildman–Crippen LogP) is 4.97. The molecule has 1 aliphatic heterocycles. The molecule has 2 N–H and O–H groups in total. The molecule has 0 saturated heterocycles. The Balaban J connectivity index is 1.94. The Kier molecular flexibility index (Phi) is 4.43. The molecule has 1 heterocycles. The minimum atomic E-state index is -0.681. The molecule has 1 amide bonds. The van der Waals surface area contributed by atoms with Crippen LogP contribution in [0.15, 0.2) is 24.3 Å². The number of hydrogen-bond donors (Lipinski definition) is 2. The summed E-state index contributed by atoms with van der Waals surface area (Å²) in [5, 5.41) is 13.6. The molecule has 2 aliphatic rings. The van der Waals surface area contributed by atoms with Gasteiger partial charge in [-0.25, -0.2) is 4.79 Å². The lowest BCUT2D eigenvalue weighted by Gasteiger charge is -2.34. The van der Waals surface area contributed by atoms with Crippen LogP contribution in [0.2, 0.25) is 0 Å². The molecule has 0 spiro atoms. The van der Waals surface area contributed by atoms with Gasteiger partial charge in [-0.15, -0.1) is 0 Å². The second kappa shape index (κ2) is 6.25. The molecule has 0 fully saturated rings. The van der Waals surface area contributed by atoms with Gasteiger partial charge in [-0.3, -0.25) is 5.32 Å². The van der Waals surface area contributed by atoms with Crippen molar-refractivity contribution in [2.45, 2.75) is 70.5 Å². The Morgan fingerprint density at radius 1 is 1.33 bits per heavy atom. The van der Waals surface area contributed by atoms with Crippen molar-refractivity contribution in [3.8, 4) is 0 Å². The van der Waals surface area contributed by atoms with Gasteiger partial charge in [0.15, 0.2) is 0 Å². The van der Waals surface area contributed by atoms with Crippen LogP contribution in [-0.4, -0.2) is 16.8 Å². The van der Waals surface area contributed by atoms with Gasteiger partial charge in [0.2, 0.25) is 0 Å². The number of carbonyl (C=O) groups excluding carboxylic acids is 1. The number of benzene rings is 1. The third kappa shape index (κ3) is 3.34. The fraction of sp³-hybridized carbons (Fsp3) is 0.550. The Morgan fingerprint density at radius 2 is 2.12 bits per heavy atom. The summed E-state index contributed by atoms with van der Waals surface area (Å²) < 4.78 is 5.42. The van der Waals surface area contributed by atoms with Gasteiger partial charge >= 0.3 is 6.09 Å². The monoisotopic (exact) mass is 329 g/mol. The molecular weight excluding hydrogens is 302 g/mol. The van der Waals surface area contributed by atoms with Crippen LogP contribution in [0.5, 0.6) is 0 Å². The van der Waals surface area contributed by atoms with E-state index in [0.29, 0.717) is 0 Å². The minimum Gasteiger partial charge on any atom is -0.438 e. The van der Waals surface area contributed by atoms with Crippen LogP contribution in [-0.2, 0) is 10.3 Å². The first-order valence-corrected chi connectivity index (χ1v) is 8.92. The second-order valence-electron chi connectivity index (χ2n) is 7.52. The van der Waals surface area contributed by atoms with Crippen LogP contribution in [0.3, 0.4) is 0 Å². The van der Waals surface area contributed by atoms with E-state index >= 15 is 0 Å². The highest BCUT2D eigenvalue weighted by Crippen LogP contribution is 2.40. The van der Waals surface area contributed by atoms with Crippen molar-refractivity contribution < 1.29 is 14.6 Å². The number of ether oxygens (including phenoxy) is 1. The first-order valence-electron chi connectivity index (χ1n) is 8.92. The Labute approximate surface area is 143 Å². The number of cyclic esters (lactones) is 1. The molecular formula is C20H27NO3. The number of anilines is 1. The second-order valence-corrected chi connectivity index (χ2v) is 7.52. The number of hydrogen-bond acceptors (Lipinski definition) is 3. The lowest BCUT2D eigenvalue weighted by Crippen LogP contribution is -2.34. The molecule has 1 unspecified atom stereocenters. The van der Waals surface area contributed by atoms with Gasteiger partial charge in [0.1, 0.15) is 5.60 Å². The molecule has 0 radical (unpaired) electrons. The zero-order valence-electron chi connectivity index (χ0n) is 14.8. The van der Waals surface area contributed by atoms with Crippen LogP contribution in [0.1, 0.15) is 70.4 Å². The van der Waals surface area contributed by atoms with E-state index in [2.05, 4.69) is 24.4 Å². The molecule has 0 saturated carbocycles. The number of nitrogens with one attached hydrogen (secondary N) is 1. The van der Waals surface area contributed by atoms with Crippen LogP contribution < -0.4 is 5.32 Å². The van der Waals surface area contributed by atoms with E-state index in [1.54, 1.807) is 0 Å². The van der Waals surface area contributed by atoms with E-state index in [9.17, 15) is 9.90 Å². The van der Waals surface area contributed by atoms with Crippen molar-refractivity contribution >= 4 is 17.4 Å². The smallest absolute Gasteiger partial charge is 0.412 e. The molecule has 4 nitrogen and oxygen atoms in total. The topological polar surface area (TPSA) is 58.6 Å². The van der Waals surface area contributed by atoms with Crippen LogP contribution >= 0.6 is 0 Å². The number of amides is 1. The molecule has 1 aromatic carbocycles. The first kappa shape index (κ1) is 17.0. The number of allylic oxidation sites excluding steroid dienone is 1. The van der Waals surface area contributed by atoms with Gasteiger partial charge in [-0.1, -0.05) is 25.8 Å². The highest BCUT2D eigenvalue weighted by Gasteiger charge is 2.34. The highest BCUT2D eigenvalue weighted by atomic mass is 16.6. The summed E-state index contributed by atoms with van der Waals surface area (Å²) in [6.07, 6.45) is 7.41. The van der Waals surface area contributed by atoms with Gasteiger partial charge in [0, 0.05) is 5.56 Å². The maximum absolute atomic E-state index is 11.6. The average molecular weight is 329 g/mol. The Morgan fingerprint density at radius 3 is 2.88 bits per heavy atom. The molecule has 1 atom stereocenters. The number of aliphatic hydroxyl groups is 1. The van der Waals surface area contributed by atoms with Gasteiger partial charge < -0.3 is 9.84 Å². The molecule has 24 heavy (non-hydrogen) atoms.